The van der Waals surface area contributed by atoms with Crippen LogP contribution in [0.15, 0.2) is 54.6 Å². The van der Waals surface area contributed by atoms with Crippen molar-refractivity contribution < 1.29 is 19.1 Å². The zero-order chi connectivity index (χ0) is 19.9. The lowest BCUT2D eigenvalue weighted by Gasteiger charge is -2.23. The highest BCUT2D eigenvalue weighted by molar-refractivity contribution is 6.11. The van der Waals surface area contributed by atoms with Gasteiger partial charge in [0, 0.05) is 6.54 Å². The number of hydrogen-bond acceptors (Lipinski definition) is 4. The molecule has 2 N–H and O–H groups in total. The average molecular weight is 368 g/mol. The largest absolute Gasteiger partial charge is 0.465 e. The Morgan fingerprint density at radius 3 is 2.22 bits per heavy atom. The molecular formula is C21H24N2O4. The molecular weight excluding hydrogens is 344 g/mol. The summed E-state index contributed by atoms with van der Waals surface area (Å²) >= 11 is 0. The van der Waals surface area contributed by atoms with Gasteiger partial charge in [-0.05, 0) is 38.0 Å². The minimum atomic E-state index is -1.31. The van der Waals surface area contributed by atoms with E-state index in [0.717, 1.165) is 5.56 Å². The molecule has 2 rings (SSSR count). The number of methoxy groups -OCH3 is 1. The normalized spacial score (nSPS) is 10.8. The van der Waals surface area contributed by atoms with Gasteiger partial charge in [0.05, 0.1) is 18.4 Å². The van der Waals surface area contributed by atoms with Crippen LogP contribution >= 0.6 is 0 Å². The van der Waals surface area contributed by atoms with Crippen LogP contribution in [0.1, 0.15) is 29.8 Å². The smallest absolute Gasteiger partial charge is 0.339 e. The molecule has 0 saturated heterocycles. The second-order valence-electron chi connectivity index (χ2n) is 6.61. The number of carbonyl (C=O) groups excluding carboxylic acids is 3. The zero-order valence-electron chi connectivity index (χ0n) is 15.7. The Hall–Kier alpha value is -3.15. The van der Waals surface area contributed by atoms with Crippen LogP contribution in [0.5, 0.6) is 0 Å². The summed E-state index contributed by atoms with van der Waals surface area (Å²) in [6, 6.07) is 16.3. The summed E-state index contributed by atoms with van der Waals surface area (Å²) in [4.78, 5) is 37.0. The maximum Gasteiger partial charge on any atom is 0.339 e. The minimum absolute atomic E-state index is 0.230. The van der Waals surface area contributed by atoms with Crippen LogP contribution < -0.4 is 10.6 Å². The third kappa shape index (κ3) is 5.17. The van der Waals surface area contributed by atoms with Gasteiger partial charge in [0.2, 0.25) is 11.8 Å². The molecule has 0 fully saturated rings. The van der Waals surface area contributed by atoms with Gasteiger partial charge >= 0.3 is 5.97 Å². The standard InChI is InChI=1S/C21H24N2O4/c1-21(2,19(25)22-14-13-15-9-5-4-6-10-15)20(26)23-17-12-8-7-11-16(17)18(24)27-3/h4-12H,13-14H2,1-3H3,(H,22,25)(H,23,26). The van der Waals surface area contributed by atoms with Crippen molar-refractivity contribution in [2.45, 2.75) is 20.3 Å². The van der Waals surface area contributed by atoms with Crippen LogP contribution in [0, 0.1) is 5.41 Å². The van der Waals surface area contributed by atoms with E-state index >= 15 is 0 Å². The van der Waals surface area contributed by atoms with Crippen LogP contribution in [0.2, 0.25) is 0 Å². The quantitative estimate of drug-likeness (QED) is 0.581. The number of benzene rings is 2. The molecule has 0 spiro atoms. The summed E-state index contributed by atoms with van der Waals surface area (Å²) in [5.41, 5.74) is 0.333. The summed E-state index contributed by atoms with van der Waals surface area (Å²) in [5.74, 6) is -1.45. The van der Waals surface area contributed by atoms with E-state index in [2.05, 4.69) is 10.6 Å². The number of esters is 1. The van der Waals surface area contributed by atoms with Crippen molar-refractivity contribution in [1.29, 1.82) is 0 Å². The molecule has 27 heavy (non-hydrogen) atoms. The summed E-state index contributed by atoms with van der Waals surface area (Å²) in [6.07, 6.45) is 0.676. The number of nitrogens with one attached hydrogen (secondary N) is 2. The third-order valence-electron chi connectivity index (χ3n) is 4.26. The van der Waals surface area contributed by atoms with Gasteiger partial charge in [-0.3, -0.25) is 9.59 Å². The van der Waals surface area contributed by atoms with Crippen molar-refractivity contribution in [1.82, 2.24) is 5.32 Å². The summed E-state index contributed by atoms with van der Waals surface area (Å²) in [7, 11) is 1.27. The lowest BCUT2D eigenvalue weighted by molar-refractivity contribution is -0.138. The fourth-order valence-corrected chi connectivity index (χ4v) is 2.45. The van der Waals surface area contributed by atoms with Crippen molar-refractivity contribution in [3.63, 3.8) is 0 Å². The summed E-state index contributed by atoms with van der Waals surface area (Å²) in [5, 5.41) is 5.45. The molecule has 6 heteroatoms. The fraction of sp³-hybridized carbons (Fsp3) is 0.286. The molecule has 6 nitrogen and oxygen atoms in total. The SMILES string of the molecule is COC(=O)c1ccccc1NC(=O)C(C)(C)C(=O)NCCc1ccccc1. The van der Waals surface area contributed by atoms with Gasteiger partial charge in [0.15, 0.2) is 0 Å². The van der Waals surface area contributed by atoms with Crippen LogP contribution in [-0.4, -0.2) is 31.4 Å². The van der Waals surface area contributed by atoms with Crippen molar-refractivity contribution >= 4 is 23.5 Å². The van der Waals surface area contributed by atoms with E-state index in [-0.39, 0.29) is 11.5 Å². The number of amides is 2. The molecule has 0 aliphatic heterocycles. The van der Waals surface area contributed by atoms with E-state index < -0.39 is 17.3 Å². The minimum Gasteiger partial charge on any atom is -0.465 e. The molecule has 0 aliphatic carbocycles. The fourth-order valence-electron chi connectivity index (χ4n) is 2.45. The first-order valence-electron chi connectivity index (χ1n) is 8.67. The van der Waals surface area contributed by atoms with Gasteiger partial charge in [0.1, 0.15) is 5.41 Å². The number of anilines is 1. The summed E-state index contributed by atoms with van der Waals surface area (Å²) < 4.78 is 4.72. The van der Waals surface area contributed by atoms with Gasteiger partial charge in [-0.15, -0.1) is 0 Å². The third-order valence-corrected chi connectivity index (χ3v) is 4.26. The van der Waals surface area contributed by atoms with Gasteiger partial charge < -0.3 is 15.4 Å². The molecule has 2 aromatic carbocycles. The van der Waals surface area contributed by atoms with E-state index in [0.29, 0.717) is 18.7 Å². The molecule has 0 aromatic heterocycles. The lowest BCUT2D eigenvalue weighted by Crippen LogP contribution is -2.45. The first-order valence-corrected chi connectivity index (χ1v) is 8.67. The Labute approximate surface area is 158 Å². The predicted octanol–water partition coefficient (Wildman–Crippen LogP) is 2.80. The predicted molar refractivity (Wildman–Crippen MR) is 103 cm³/mol. The Bertz CT molecular complexity index is 816. The highest BCUT2D eigenvalue weighted by Crippen LogP contribution is 2.22. The maximum atomic E-state index is 12.6. The molecule has 0 unspecified atom stereocenters. The molecule has 0 bridgehead atoms. The van der Waals surface area contributed by atoms with E-state index in [9.17, 15) is 14.4 Å². The van der Waals surface area contributed by atoms with E-state index in [1.54, 1.807) is 38.1 Å². The molecule has 142 valence electrons. The van der Waals surface area contributed by atoms with E-state index in [1.165, 1.54) is 7.11 Å². The van der Waals surface area contributed by atoms with Crippen LogP contribution in [0.3, 0.4) is 0 Å². The maximum absolute atomic E-state index is 12.6. The van der Waals surface area contributed by atoms with Crippen LogP contribution in [0.4, 0.5) is 5.69 Å². The molecule has 2 amide bonds. The van der Waals surface area contributed by atoms with Crippen molar-refractivity contribution in [3.05, 3.63) is 65.7 Å². The molecule has 0 saturated carbocycles. The highest BCUT2D eigenvalue weighted by Gasteiger charge is 2.36. The number of ether oxygens (including phenoxy) is 1. The van der Waals surface area contributed by atoms with Gasteiger partial charge in [0.25, 0.3) is 0 Å². The molecule has 0 aliphatic rings. The van der Waals surface area contributed by atoms with Crippen molar-refractivity contribution in [2.75, 3.05) is 19.0 Å². The van der Waals surface area contributed by atoms with Gasteiger partial charge in [-0.2, -0.15) is 0 Å². The Morgan fingerprint density at radius 2 is 1.56 bits per heavy atom. The van der Waals surface area contributed by atoms with E-state index in [1.807, 2.05) is 30.3 Å². The van der Waals surface area contributed by atoms with E-state index in [4.69, 9.17) is 4.74 Å². The van der Waals surface area contributed by atoms with Gasteiger partial charge in [-0.25, -0.2) is 4.79 Å². The number of rotatable bonds is 7. The Kier molecular flexibility index (Phi) is 6.71. The Balaban J connectivity index is 2.00. The second kappa shape index (κ2) is 8.98. The van der Waals surface area contributed by atoms with Crippen molar-refractivity contribution in [3.8, 4) is 0 Å². The Morgan fingerprint density at radius 1 is 0.926 bits per heavy atom. The monoisotopic (exact) mass is 368 g/mol. The average Bonchev–Trinajstić information content (AvgIpc) is 2.68. The second-order valence-corrected chi connectivity index (χ2v) is 6.61. The van der Waals surface area contributed by atoms with Gasteiger partial charge in [-0.1, -0.05) is 42.5 Å². The van der Waals surface area contributed by atoms with Crippen LogP contribution in [0.25, 0.3) is 0 Å². The number of para-hydroxylation sites is 1. The molecule has 0 radical (unpaired) electrons. The summed E-state index contributed by atoms with van der Waals surface area (Å²) in [6.45, 7) is 3.51. The van der Waals surface area contributed by atoms with Crippen molar-refractivity contribution in [2.24, 2.45) is 5.41 Å². The molecule has 2 aromatic rings. The first kappa shape index (κ1) is 20.2. The molecule has 0 atom stereocenters. The topological polar surface area (TPSA) is 84.5 Å². The first-order chi connectivity index (χ1) is 12.9. The highest BCUT2D eigenvalue weighted by atomic mass is 16.5. The van der Waals surface area contributed by atoms with Crippen LogP contribution in [-0.2, 0) is 20.7 Å². The lowest BCUT2D eigenvalue weighted by atomic mass is 9.90. The molecule has 0 heterocycles. The zero-order valence-corrected chi connectivity index (χ0v) is 15.7. The number of carbonyl (C=O) groups is 3. The number of hydrogen-bond donors (Lipinski definition) is 2.